The van der Waals surface area contributed by atoms with Crippen LogP contribution >= 0.6 is 0 Å². The molecule has 8 heteroatoms. The van der Waals surface area contributed by atoms with E-state index in [1.165, 1.54) is 30.3 Å². The van der Waals surface area contributed by atoms with E-state index >= 15 is 0 Å². The molecule has 0 aliphatic heterocycles. The Hall–Kier alpha value is -4.20. The van der Waals surface area contributed by atoms with Crippen molar-refractivity contribution in [2.24, 2.45) is 5.73 Å². The van der Waals surface area contributed by atoms with Crippen LogP contribution in [-0.4, -0.2) is 23.0 Å². The van der Waals surface area contributed by atoms with Crippen molar-refractivity contribution >= 4 is 22.9 Å². The smallest absolute Gasteiger partial charge is 0.407 e. The second kappa shape index (κ2) is 9.21. The Morgan fingerprint density at radius 1 is 1.03 bits per heavy atom. The first kappa shape index (κ1) is 22.6. The van der Waals surface area contributed by atoms with E-state index in [1.54, 1.807) is 0 Å². The van der Waals surface area contributed by atoms with Crippen LogP contribution in [0.15, 0.2) is 60.7 Å². The van der Waals surface area contributed by atoms with Crippen molar-refractivity contribution in [1.82, 2.24) is 10.3 Å². The van der Waals surface area contributed by atoms with Gasteiger partial charge in [-0.1, -0.05) is 42.5 Å². The van der Waals surface area contributed by atoms with Crippen LogP contribution in [-0.2, 0) is 24.2 Å². The van der Waals surface area contributed by atoms with Gasteiger partial charge in [0.05, 0.1) is 16.6 Å². The number of hydrogen-bond acceptors (Lipinski definition) is 3. The minimum absolute atomic E-state index is 0.153. The number of amides is 2. The molecule has 2 amide bonds. The Morgan fingerprint density at radius 2 is 1.77 bits per heavy atom. The Bertz CT molecular complexity index is 1410. The third-order valence-corrected chi connectivity index (χ3v) is 6.37. The summed E-state index contributed by atoms with van der Waals surface area (Å²) < 4.78 is 34.6. The number of H-pyrrole nitrogens is 1. The molecule has 1 unspecified atom stereocenters. The first-order chi connectivity index (χ1) is 16.9. The number of aryl methyl sites for hydroxylation is 1. The lowest BCUT2D eigenvalue weighted by Gasteiger charge is -2.23. The van der Waals surface area contributed by atoms with Gasteiger partial charge in [-0.2, -0.15) is 0 Å². The molecule has 0 saturated heterocycles. The van der Waals surface area contributed by atoms with E-state index in [9.17, 15) is 18.4 Å². The van der Waals surface area contributed by atoms with Crippen LogP contribution in [0, 0.1) is 11.6 Å². The van der Waals surface area contributed by atoms with Crippen LogP contribution < -0.4 is 11.1 Å². The molecule has 1 heterocycles. The number of fused-ring (bicyclic) bond motifs is 3. The summed E-state index contributed by atoms with van der Waals surface area (Å²) in [5, 5.41) is 3.46. The van der Waals surface area contributed by atoms with Gasteiger partial charge in [-0.3, -0.25) is 4.79 Å². The van der Waals surface area contributed by atoms with Crippen LogP contribution in [0.2, 0.25) is 0 Å². The number of hydrogen-bond donors (Lipinski definition) is 3. The predicted octanol–water partition coefficient (Wildman–Crippen LogP) is 5.00. The summed E-state index contributed by atoms with van der Waals surface area (Å²) in [6.45, 7) is 0.163. The van der Waals surface area contributed by atoms with E-state index in [0.717, 1.165) is 16.8 Å². The van der Waals surface area contributed by atoms with E-state index in [4.69, 9.17) is 10.5 Å². The highest BCUT2D eigenvalue weighted by molar-refractivity contribution is 6.10. The topological polar surface area (TPSA) is 97.2 Å². The molecular weight excluding hydrogens is 452 g/mol. The van der Waals surface area contributed by atoms with Crippen LogP contribution in [0.1, 0.15) is 33.6 Å². The third-order valence-electron chi connectivity index (χ3n) is 6.37. The average molecular weight is 475 g/mol. The molecule has 3 aromatic carbocycles. The van der Waals surface area contributed by atoms with E-state index in [1.807, 2.05) is 30.3 Å². The Balaban J connectivity index is 1.45. The zero-order chi connectivity index (χ0) is 24.5. The van der Waals surface area contributed by atoms with Crippen molar-refractivity contribution in [2.45, 2.75) is 31.9 Å². The fraction of sp³-hybridized carbons (Fsp3) is 0.185. The molecule has 0 bridgehead atoms. The van der Waals surface area contributed by atoms with Crippen molar-refractivity contribution in [3.63, 3.8) is 0 Å². The number of aromatic nitrogens is 1. The van der Waals surface area contributed by atoms with E-state index in [-0.39, 0.29) is 23.8 Å². The number of primary amides is 1. The van der Waals surface area contributed by atoms with Gasteiger partial charge >= 0.3 is 6.09 Å². The van der Waals surface area contributed by atoms with E-state index in [0.29, 0.717) is 35.7 Å². The van der Waals surface area contributed by atoms with Crippen molar-refractivity contribution in [3.8, 4) is 11.1 Å². The van der Waals surface area contributed by atoms with Gasteiger partial charge in [0.2, 0.25) is 0 Å². The summed E-state index contributed by atoms with van der Waals surface area (Å²) in [7, 11) is 0. The second-order valence-electron chi connectivity index (χ2n) is 8.60. The number of nitrogens with two attached hydrogens (primary N) is 1. The first-order valence-electron chi connectivity index (χ1n) is 11.3. The summed E-state index contributed by atoms with van der Waals surface area (Å²) in [5.41, 5.74) is 8.99. The van der Waals surface area contributed by atoms with Gasteiger partial charge in [0, 0.05) is 23.5 Å². The predicted molar refractivity (Wildman–Crippen MR) is 128 cm³/mol. The number of alkyl carbamates (subject to hydrolysis) is 1. The highest BCUT2D eigenvalue weighted by atomic mass is 19.1. The monoisotopic (exact) mass is 475 g/mol. The molecule has 0 fully saturated rings. The molecule has 6 nitrogen and oxygen atoms in total. The molecular formula is C27H23F2N3O3. The molecule has 0 radical (unpaired) electrons. The molecule has 35 heavy (non-hydrogen) atoms. The molecule has 0 spiro atoms. The lowest BCUT2D eigenvalue weighted by Crippen LogP contribution is -2.39. The minimum Gasteiger partial charge on any atom is -0.445 e. The van der Waals surface area contributed by atoms with Gasteiger partial charge in [0.1, 0.15) is 18.2 Å². The fourth-order valence-corrected chi connectivity index (χ4v) is 4.76. The van der Waals surface area contributed by atoms with Crippen LogP contribution in [0.3, 0.4) is 0 Å². The third kappa shape index (κ3) is 4.35. The van der Waals surface area contributed by atoms with Gasteiger partial charge in [0.25, 0.3) is 5.91 Å². The number of carbonyl (C=O) groups excluding carboxylic acids is 2. The quantitative estimate of drug-likeness (QED) is 0.379. The van der Waals surface area contributed by atoms with E-state index < -0.39 is 23.6 Å². The zero-order valence-electron chi connectivity index (χ0n) is 18.7. The molecule has 1 aromatic heterocycles. The maximum Gasteiger partial charge on any atom is 0.407 e. The maximum atomic E-state index is 14.7. The Morgan fingerprint density at radius 3 is 2.49 bits per heavy atom. The SMILES string of the molecule is NC(=O)c1ccc(-c2c(F)cccc2F)c2c3c([nH]c12)CC(NC(=O)OCc1ccccc1)CC3. The summed E-state index contributed by atoms with van der Waals surface area (Å²) in [6, 6.07) is 15.9. The molecule has 4 aromatic rings. The van der Waals surface area contributed by atoms with Crippen LogP contribution in [0.5, 0.6) is 0 Å². The van der Waals surface area contributed by atoms with Crippen molar-refractivity contribution in [3.05, 3.63) is 94.7 Å². The molecule has 5 rings (SSSR count). The maximum absolute atomic E-state index is 14.7. The normalized spacial score (nSPS) is 15.0. The van der Waals surface area contributed by atoms with Gasteiger partial charge in [-0.25, -0.2) is 13.6 Å². The van der Waals surface area contributed by atoms with E-state index in [2.05, 4.69) is 10.3 Å². The first-order valence-corrected chi connectivity index (χ1v) is 11.3. The van der Waals surface area contributed by atoms with Gasteiger partial charge in [-0.05, 0) is 47.7 Å². The largest absolute Gasteiger partial charge is 0.445 e. The van der Waals surface area contributed by atoms with Crippen molar-refractivity contribution in [2.75, 3.05) is 0 Å². The molecule has 1 aliphatic rings. The Labute approximate surface area is 200 Å². The summed E-state index contributed by atoms with van der Waals surface area (Å²) in [4.78, 5) is 27.7. The number of carbonyl (C=O) groups is 2. The second-order valence-corrected chi connectivity index (χ2v) is 8.60. The lowest BCUT2D eigenvalue weighted by molar-refractivity contribution is 0.100. The lowest BCUT2D eigenvalue weighted by atomic mass is 9.88. The summed E-state index contributed by atoms with van der Waals surface area (Å²) in [6.07, 6.45) is 1.05. The standard InChI is InChI=1S/C27H23F2N3O3/c28-20-7-4-8-21(29)24(20)18-11-12-19(26(30)33)25-23(18)17-10-9-16(13-22(17)32-25)31-27(34)35-14-15-5-2-1-3-6-15/h1-8,11-12,16,32H,9-10,13-14H2,(H2,30,33)(H,31,34). The molecule has 1 atom stereocenters. The number of nitrogens with one attached hydrogen (secondary N) is 2. The van der Waals surface area contributed by atoms with Crippen LogP contribution in [0.25, 0.3) is 22.0 Å². The molecule has 0 saturated carbocycles. The molecule has 178 valence electrons. The van der Waals surface area contributed by atoms with Crippen LogP contribution in [0.4, 0.5) is 13.6 Å². The summed E-state index contributed by atoms with van der Waals surface area (Å²) in [5.74, 6) is -2.03. The van der Waals surface area contributed by atoms with Gasteiger partial charge in [0.15, 0.2) is 0 Å². The number of benzene rings is 3. The highest BCUT2D eigenvalue weighted by Crippen LogP contribution is 2.39. The number of halogens is 2. The van der Waals surface area contributed by atoms with Crippen molar-refractivity contribution < 1.29 is 23.1 Å². The van der Waals surface area contributed by atoms with Gasteiger partial charge in [-0.15, -0.1) is 0 Å². The molecule has 4 N–H and O–H groups in total. The Kier molecular flexibility index (Phi) is 5.94. The highest BCUT2D eigenvalue weighted by Gasteiger charge is 2.28. The number of ether oxygens (including phenoxy) is 1. The summed E-state index contributed by atoms with van der Waals surface area (Å²) >= 11 is 0. The zero-order valence-corrected chi connectivity index (χ0v) is 18.7. The fourth-order valence-electron chi connectivity index (χ4n) is 4.76. The van der Waals surface area contributed by atoms with Gasteiger partial charge < -0.3 is 20.8 Å². The van der Waals surface area contributed by atoms with Crippen molar-refractivity contribution in [1.29, 1.82) is 0 Å². The number of aromatic amines is 1. The molecule has 1 aliphatic carbocycles. The number of rotatable bonds is 5. The average Bonchev–Trinajstić information content (AvgIpc) is 3.22. The minimum atomic E-state index is -0.690.